The van der Waals surface area contributed by atoms with Crippen molar-refractivity contribution < 1.29 is 9.59 Å². The van der Waals surface area contributed by atoms with Gasteiger partial charge in [0.2, 0.25) is 0 Å². The first-order valence-electron chi connectivity index (χ1n) is 9.30. The number of nitrogens with zero attached hydrogens (tertiary/aromatic N) is 2. The van der Waals surface area contributed by atoms with Crippen LogP contribution in [0.5, 0.6) is 0 Å². The maximum absolute atomic E-state index is 12.4. The number of carbonyl (C=O) groups excluding carboxylic acids is 2. The number of nitrogens with one attached hydrogen (secondary N) is 3. The minimum absolute atomic E-state index is 0.0413. The van der Waals surface area contributed by atoms with Gasteiger partial charge in [-0.3, -0.25) is 9.69 Å². The van der Waals surface area contributed by atoms with E-state index in [4.69, 9.17) is 18.0 Å². The van der Waals surface area contributed by atoms with E-state index < -0.39 is 0 Å². The summed E-state index contributed by atoms with van der Waals surface area (Å²) < 4.78 is 0. The molecule has 1 unspecified atom stereocenters. The molecule has 0 aliphatic carbocycles. The van der Waals surface area contributed by atoms with Crippen LogP contribution in [0.3, 0.4) is 0 Å². The van der Waals surface area contributed by atoms with E-state index in [0.717, 1.165) is 25.9 Å². The molecule has 2 aromatic rings. The predicted octanol–water partition coefficient (Wildman–Crippen LogP) is 3.21. The van der Waals surface area contributed by atoms with Gasteiger partial charge in [-0.2, -0.15) is 0 Å². The van der Waals surface area contributed by atoms with Gasteiger partial charge < -0.3 is 16.0 Å². The Labute approximate surface area is 174 Å². The number of hydrogen-bond acceptors (Lipinski definition) is 4. The third-order valence-electron chi connectivity index (χ3n) is 4.51. The van der Waals surface area contributed by atoms with Gasteiger partial charge in [0.15, 0.2) is 0 Å². The molecule has 3 N–H and O–H groups in total. The molecule has 0 spiro atoms. The molecule has 3 rings (SSSR count). The molecule has 0 saturated carbocycles. The van der Waals surface area contributed by atoms with Crippen molar-refractivity contribution in [3.63, 3.8) is 0 Å². The molecule has 1 aromatic carbocycles. The molecule has 1 aromatic heterocycles. The second kappa shape index (κ2) is 9.92. The molecule has 1 aliphatic rings. The van der Waals surface area contributed by atoms with Gasteiger partial charge in [-0.25, -0.2) is 9.78 Å². The Hall–Kier alpha value is -3.08. The Bertz CT molecular complexity index is 910. The molecule has 1 atom stereocenters. The standard InChI is InChI=1S/C21H22ClN5O2/c1-2-10-27-11-4-7-18(14-27)25-21(29)24-17-6-3-5-15(12-17)20(28)26-19-9-8-16(22)13-23-19/h1,3,5-6,8-9,12-13,18H,4,7,10-11,14H2,(H,23,26,28)(H2,24,25,29). The van der Waals surface area contributed by atoms with Gasteiger partial charge in [-0.05, 0) is 49.7 Å². The van der Waals surface area contributed by atoms with Crippen LogP contribution in [0.1, 0.15) is 23.2 Å². The number of piperidine rings is 1. The Morgan fingerprint density at radius 3 is 2.90 bits per heavy atom. The van der Waals surface area contributed by atoms with Crippen molar-refractivity contribution >= 4 is 35.0 Å². The number of benzene rings is 1. The molecular weight excluding hydrogens is 390 g/mol. The quantitative estimate of drug-likeness (QED) is 0.659. The first-order valence-corrected chi connectivity index (χ1v) is 9.67. The highest BCUT2D eigenvalue weighted by Crippen LogP contribution is 2.15. The highest BCUT2D eigenvalue weighted by Gasteiger charge is 2.20. The van der Waals surface area contributed by atoms with E-state index in [-0.39, 0.29) is 18.0 Å². The zero-order chi connectivity index (χ0) is 20.6. The zero-order valence-corrected chi connectivity index (χ0v) is 16.6. The van der Waals surface area contributed by atoms with E-state index in [2.05, 4.69) is 31.8 Å². The van der Waals surface area contributed by atoms with Gasteiger partial charge in [0, 0.05) is 30.0 Å². The normalized spacial score (nSPS) is 16.5. The number of halogens is 1. The SMILES string of the molecule is C#CCN1CCCC(NC(=O)Nc2cccc(C(=O)Nc3ccc(Cl)cn3)c2)C1. The molecule has 1 fully saturated rings. The fourth-order valence-electron chi connectivity index (χ4n) is 3.18. The van der Waals surface area contributed by atoms with Crippen molar-refractivity contribution in [1.82, 2.24) is 15.2 Å². The lowest BCUT2D eigenvalue weighted by molar-refractivity contribution is 0.102. The van der Waals surface area contributed by atoms with Crippen LogP contribution in [0.25, 0.3) is 0 Å². The minimum atomic E-state index is -0.332. The van der Waals surface area contributed by atoms with Crippen molar-refractivity contribution in [1.29, 1.82) is 0 Å². The van der Waals surface area contributed by atoms with Gasteiger partial charge in [0.25, 0.3) is 5.91 Å². The lowest BCUT2D eigenvalue weighted by Gasteiger charge is -2.31. The third kappa shape index (κ3) is 6.21. The molecule has 0 radical (unpaired) electrons. The van der Waals surface area contributed by atoms with Crippen LogP contribution in [0.2, 0.25) is 5.02 Å². The van der Waals surface area contributed by atoms with Gasteiger partial charge in [-0.15, -0.1) is 6.42 Å². The molecular formula is C21H22ClN5O2. The molecule has 1 aliphatic heterocycles. The molecule has 2 heterocycles. The van der Waals surface area contributed by atoms with Crippen molar-refractivity contribution in [3.05, 3.63) is 53.2 Å². The lowest BCUT2D eigenvalue weighted by Crippen LogP contribution is -2.48. The zero-order valence-electron chi connectivity index (χ0n) is 15.8. The number of amides is 3. The first kappa shape index (κ1) is 20.6. The lowest BCUT2D eigenvalue weighted by atomic mass is 10.1. The fraction of sp³-hybridized carbons (Fsp3) is 0.286. The van der Waals surface area contributed by atoms with E-state index in [1.54, 1.807) is 36.4 Å². The number of aromatic nitrogens is 1. The van der Waals surface area contributed by atoms with E-state index >= 15 is 0 Å². The second-order valence-corrected chi connectivity index (χ2v) is 7.21. The number of hydrogen-bond donors (Lipinski definition) is 3. The van der Waals surface area contributed by atoms with E-state index in [1.165, 1.54) is 6.20 Å². The maximum atomic E-state index is 12.4. The van der Waals surface area contributed by atoms with Crippen LogP contribution >= 0.6 is 11.6 Å². The maximum Gasteiger partial charge on any atom is 0.319 e. The van der Waals surface area contributed by atoms with E-state index in [9.17, 15) is 9.59 Å². The molecule has 3 amide bonds. The summed E-state index contributed by atoms with van der Waals surface area (Å²) in [5.74, 6) is 2.70. The average molecular weight is 412 g/mol. The summed E-state index contributed by atoms with van der Waals surface area (Å²) in [6.07, 6.45) is 8.72. The summed E-state index contributed by atoms with van der Waals surface area (Å²) in [7, 11) is 0. The van der Waals surface area contributed by atoms with Crippen LogP contribution in [0, 0.1) is 12.3 Å². The highest BCUT2D eigenvalue weighted by molar-refractivity contribution is 6.30. The first-order chi connectivity index (χ1) is 14.0. The van der Waals surface area contributed by atoms with E-state index in [1.807, 2.05) is 0 Å². The summed E-state index contributed by atoms with van der Waals surface area (Å²) in [5, 5.41) is 8.92. The molecule has 0 bridgehead atoms. The Kier molecular flexibility index (Phi) is 7.06. The number of carbonyl (C=O) groups is 2. The van der Waals surface area contributed by atoms with Crippen LogP contribution in [0.15, 0.2) is 42.6 Å². The molecule has 29 heavy (non-hydrogen) atoms. The molecule has 8 heteroatoms. The summed E-state index contributed by atoms with van der Waals surface area (Å²) in [6.45, 7) is 2.26. The van der Waals surface area contributed by atoms with Crippen LogP contribution in [0.4, 0.5) is 16.3 Å². The summed E-state index contributed by atoms with van der Waals surface area (Å²) in [6, 6.07) is 9.68. The molecule has 1 saturated heterocycles. The fourth-order valence-corrected chi connectivity index (χ4v) is 3.29. The largest absolute Gasteiger partial charge is 0.334 e. The number of terminal acetylenes is 1. The summed E-state index contributed by atoms with van der Waals surface area (Å²) >= 11 is 5.80. The van der Waals surface area contributed by atoms with E-state index in [0.29, 0.717) is 28.6 Å². The van der Waals surface area contributed by atoms with Gasteiger partial charge in [0.1, 0.15) is 5.82 Å². The Morgan fingerprint density at radius 2 is 2.14 bits per heavy atom. The molecule has 150 valence electrons. The Morgan fingerprint density at radius 1 is 1.28 bits per heavy atom. The monoisotopic (exact) mass is 411 g/mol. The number of urea groups is 1. The number of anilines is 2. The topological polar surface area (TPSA) is 86.4 Å². The predicted molar refractivity (Wildman–Crippen MR) is 114 cm³/mol. The van der Waals surface area contributed by atoms with Crippen molar-refractivity contribution in [2.75, 3.05) is 30.3 Å². The minimum Gasteiger partial charge on any atom is -0.334 e. The van der Waals surface area contributed by atoms with Gasteiger partial charge in [-0.1, -0.05) is 23.6 Å². The third-order valence-corrected chi connectivity index (χ3v) is 4.73. The number of rotatable bonds is 5. The number of likely N-dealkylation sites (tertiary alicyclic amines) is 1. The van der Waals surface area contributed by atoms with Crippen LogP contribution < -0.4 is 16.0 Å². The highest BCUT2D eigenvalue weighted by atomic mass is 35.5. The van der Waals surface area contributed by atoms with Gasteiger partial charge >= 0.3 is 6.03 Å². The summed E-state index contributed by atoms with van der Waals surface area (Å²) in [5.41, 5.74) is 0.924. The van der Waals surface area contributed by atoms with Crippen molar-refractivity contribution in [2.45, 2.75) is 18.9 Å². The average Bonchev–Trinajstić information content (AvgIpc) is 2.70. The van der Waals surface area contributed by atoms with Gasteiger partial charge in [0.05, 0.1) is 11.6 Å². The Balaban J connectivity index is 1.56. The summed E-state index contributed by atoms with van der Waals surface area (Å²) in [4.78, 5) is 30.9. The number of pyridine rings is 1. The van der Waals surface area contributed by atoms with Crippen LogP contribution in [-0.4, -0.2) is 47.5 Å². The van der Waals surface area contributed by atoms with Crippen molar-refractivity contribution in [3.8, 4) is 12.3 Å². The molecule has 7 nitrogen and oxygen atoms in total. The smallest absolute Gasteiger partial charge is 0.319 e. The second-order valence-electron chi connectivity index (χ2n) is 6.77. The van der Waals surface area contributed by atoms with Crippen molar-refractivity contribution in [2.24, 2.45) is 0 Å². The van der Waals surface area contributed by atoms with Crippen LogP contribution in [-0.2, 0) is 0 Å².